The van der Waals surface area contributed by atoms with E-state index in [-0.39, 0.29) is 6.04 Å². The minimum absolute atomic E-state index is 0.0343. The lowest BCUT2D eigenvalue weighted by Crippen LogP contribution is -2.18. The van der Waals surface area contributed by atoms with Crippen molar-refractivity contribution in [3.63, 3.8) is 0 Å². The number of benzene rings is 2. The van der Waals surface area contributed by atoms with Crippen LogP contribution < -0.4 is 10.5 Å². The van der Waals surface area contributed by atoms with E-state index in [1.165, 1.54) is 0 Å². The van der Waals surface area contributed by atoms with Crippen LogP contribution >= 0.6 is 23.2 Å². The highest BCUT2D eigenvalue weighted by Gasteiger charge is 2.12. The van der Waals surface area contributed by atoms with E-state index in [0.717, 1.165) is 5.56 Å². The summed E-state index contributed by atoms with van der Waals surface area (Å²) in [6.45, 7) is 1.94. The molecule has 2 nitrogen and oxygen atoms in total. The van der Waals surface area contributed by atoms with Crippen molar-refractivity contribution in [2.45, 2.75) is 19.4 Å². The van der Waals surface area contributed by atoms with Gasteiger partial charge in [-0.15, -0.1) is 0 Å². The van der Waals surface area contributed by atoms with Gasteiger partial charge < -0.3 is 10.5 Å². The van der Waals surface area contributed by atoms with Crippen molar-refractivity contribution in [3.05, 3.63) is 58.1 Å². The van der Waals surface area contributed by atoms with Gasteiger partial charge in [-0.25, -0.2) is 0 Å². The number of rotatable bonds is 4. The van der Waals surface area contributed by atoms with Crippen LogP contribution in [-0.4, -0.2) is 6.04 Å². The molecule has 0 aliphatic rings. The molecule has 0 aliphatic carbocycles. The third-order valence-corrected chi connectivity index (χ3v) is 3.25. The Labute approximate surface area is 123 Å². The molecular formula is C15H15Cl2NO. The second-order valence-electron chi connectivity index (χ2n) is 4.44. The zero-order valence-electron chi connectivity index (χ0n) is 10.6. The van der Waals surface area contributed by atoms with Gasteiger partial charge in [-0.05, 0) is 37.1 Å². The van der Waals surface area contributed by atoms with Crippen LogP contribution in [0, 0.1) is 0 Å². The molecule has 0 heterocycles. The number of nitrogens with two attached hydrogens (primary N) is 1. The summed E-state index contributed by atoms with van der Waals surface area (Å²) in [5.41, 5.74) is 6.82. The minimum Gasteiger partial charge on any atom is -0.454 e. The van der Waals surface area contributed by atoms with Crippen molar-refractivity contribution in [2.24, 2.45) is 5.73 Å². The van der Waals surface area contributed by atoms with Crippen LogP contribution in [0.5, 0.6) is 11.5 Å². The van der Waals surface area contributed by atoms with Crippen LogP contribution in [0.15, 0.2) is 42.5 Å². The Balaban J connectivity index is 2.36. The number of hydrogen-bond acceptors (Lipinski definition) is 2. The maximum absolute atomic E-state index is 6.21. The molecule has 2 rings (SSSR count). The van der Waals surface area contributed by atoms with Gasteiger partial charge in [-0.3, -0.25) is 0 Å². The Hall–Kier alpha value is -1.22. The normalized spacial score (nSPS) is 12.2. The van der Waals surface area contributed by atoms with Crippen molar-refractivity contribution in [2.75, 3.05) is 0 Å². The van der Waals surface area contributed by atoms with Gasteiger partial charge in [0.05, 0.1) is 10.0 Å². The summed E-state index contributed by atoms with van der Waals surface area (Å²) in [6.07, 6.45) is 0.695. The van der Waals surface area contributed by atoms with E-state index in [1.54, 1.807) is 18.2 Å². The Morgan fingerprint density at radius 3 is 2.42 bits per heavy atom. The van der Waals surface area contributed by atoms with Gasteiger partial charge in [0.25, 0.3) is 0 Å². The topological polar surface area (TPSA) is 35.2 Å². The van der Waals surface area contributed by atoms with Gasteiger partial charge in [0.2, 0.25) is 0 Å². The molecule has 0 fully saturated rings. The van der Waals surface area contributed by atoms with Crippen LogP contribution in [0.2, 0.25) is 10.0 Å². The SMILES string of the molecule is CC(N)Cc1cccc(Cl)c1Oc1ccccc1Cl. The quantitative estimate of drug-likeness (QED) is 0.889. The molecule has 2 N–H and O–H groups in total. The van der Waals surface area contributed by atoms with E-state index in [9.17, 15) is 0 Å². The lowest BCUT2D eigenvalue weighted by Gasteiger charge is -2.15. The first-order valence-electron chi connectivity index (χ1n) is 6.03. The van der Waals surface area contributed by atoms with Crippen LogP contribution in [-0.2, 0) is 6.42 Å². The molecule has 0 saturated heterocycles. The van der Waals surface area contributed by atoms with Gasteiger partial charge >= 0.3 is 0 Å². The van der Waals surface area contributed by atoms with Crippen LogP contribution in [0.25, 0.3) is 0 Å². The van der Waals surface area contributed by atoms with E-state index in [0.29, 0.717) is 28.0 Å². The van der Waals surface area contributed by atoms with Crippen LogP contribution in [0.4, 0.5) is 0 Å². The van der Waals surface area contributed by atoms with Crippen LogP contribution in [0.1, 0.15) is 12.5 Å². The molecule has 19 heavy (non-hydrogen) atoms. The largest absolute Gasteiger partial charge is 0.454 e. The fourth-order valence-corrected chi connectivity index (χ4v) is 2.22. The molecule has 2 aromatic carbocycles. The minimum atomic E-state index is 0.0343. The molecule has 100 valence electrons. The molecule has 0 amide bonds. The summed E-state index contributed by atoms with van der Waals surface area (Å²) in [4.78, 5) is 0. The third-order valence-electron chi connectivity index (χ3n) is 2.64. The average Bonchev–Trinajstić information content (AvgIpc) is 2.35. The molecule has 2 aromatic rings. The Kier molecular flexibility index (Phi) is 4.70. The van der Waals surface area contributed by atoms with Crippen molar-refractivity contribution >= 4 is 23.2 Å². The van der Waals surface area contributed by atoms with E-state index in [4.69, 9.17) is 33.7 Å². The summed E-state index contributed by atoms with van der Waals surface area (Å²) < 4.78 is 5.85. The third kappa shape index (κ3) is 3.63. The maximum Gasteiger partial charge on any atom is 0.149 e. The molecule has 0 aliphatic heterocycles. The summed E-state index contributed by atoms with van der Waals surface area (Å²) in [6, 6.07) is 13.0. The monoisotopic (exact) mass is 295 g/mol. The molecule has 4 heteroatoms. The highest BCUT2D eigenvalue weighted by Crippen LogP contribution is 2.36. The number of ether oxygens (including phenoxy) is 1. The predicted molar refractivity (Wildman–Crippen MR) is 80.3 cm³/mol. The summed E-state index contributed by atoms with van der Waals surface area (Å²) in [7, 11) is 0. The molecule has 0 bridgehead atoms. The number of para-hydroxylation sites is 2. The molecular weight excluding hydrogens is 281 g/mol. The fourth-order valence-electron chi connectivity index (χ4n) is 1.81. The van der Waals surface area contributed by atoms with Gasteiger partial charge in [-0.1, -0.05) is 47.5 Å². The Morgan fingerprint density at radius 2 is 1.74 bits per heavy atom. The van der Waals surface area contributed by atoms with Crippen molar-refractivity contribution in [1.29, 1.82) is 0 Å². The van der Waals surface area contributed by atoms with Gasteiger partial charge in [0, 0.05) is 6.04 Å². The molecule has 0 radical (unpaired) electrons. The van der Waals surface area contributed by atoms with Gasteiger partial charge in [0.1, 0.15) is 11.5 Å². The lowest BCUT2D eigenvalue weighted by atomic mass is 10.1. The maximum atomic E-state index is 6.21. The summed E-state index contributed by atoms with van der Waals surface area (Å²) in [5, 5.41) is 1.10. The Morgan fingerprint density at radius 1 is 1.05 bits per heavy atom. The highest BCUT2D eigenvalue weighted by molar-refractivity contribution is 6.33. The molecule has 0 spiro atoms. The van der Waals surface area contributed by atoms with Crippen molar-refractivity contribution < 1.29 is 4.74 Å². The first-order chi connectivity index (χ1) is 9.08. The highest BCUT2D eigenvalue weighted by atomic mass is 35.5. The zero-order chi connectivity index (χ0) is 13.8. The second-order valence-corrected chi connectivity index (χ2v) is 5.26. The van der Waals surface area contributed by atoms with Crippen molar-refractivity contribution in [1.82, 2.24) is 0 Å². The number of halogens is 2. The second kappa shape index (κ2) is 6.29. The Bertz CT molecular complexity index is 570. The molecule has 1 atom stereocenters. The van der Waals surface area contributed by atoms with Crippen LogP contribution in [0.3, 0.4) is 0 Å². The van der Waals surface area contributed by atoms with E-state index in [1.807, 2.05) is 31.2 Å². The van der Waals surface area contributed by atoms with E-state index >= 15 is 0 Å². The fraction of sp³-hybridized carbons (Fsp3) is 0.200. The summed E-state index contributed by atoms with van der Waals surface area (Å²) >= 11 is 12.3. The zero-order valence-corrected chi connectivity index (χ0v) is 12.1. The number of hydrogen-bond donors (Lipinski definition) is 1. The lowest BCUT2D eigenvalue weighted by molar-refractivity contribution is 0.474. The predicted octanol–water partition coefficient (Wildman–Crippen LogP) is 4.68. The van der Waals surface area contributed by atoms with E-state index in [2.05, 4.69) is 0 Å². The standard InChI is InChI=1S/C15H15Cl2NO/c1-10(18)9-11-5-4-7-13(17)15(11)19-14-8-3-2-6-12(14)16/h2-8,10H,9,18H2,1H3. The van der Waals surface area contributed by atoms with Gasteiger partial charge in [-0.2, -0.15) is 0 Å². The molecule has 0 saturated carbocycles. The van der Waals surface area contributed by atoms with Crippen molar-refractivity contribution in [3.8, 4) is 11.5 Å². The average molecular weight is 296 g/mol. The first-order valence-corrected chi connectivity index (χ1v) is 6.79. The summed E-state index contributed by atoms with van der Waals surface area (Å²) in [5.74, 6) is 1.21. The molecule has 0 aromatic heterocycles. The molecule has 1 unspecified atom stereocenters. The van der Waals surface area contributed by atoms with E-state index < -0.39 is 0 Å². The van der Waals surface area contributed by atoms with Gasteiger partial charge in [0.15, 0.2) is 0 Å². The first kappa shape index (κ1) is 14.2. The smallest absolute Gasteiger partial charge is 0.149 e.